The number of halogens is 1. The third-order valence-corrected chi connectivity index (χ3v) is 7.85. The lowest BCUT2D eigenvalue weighted by molar-refractivity contribution is 0.0629. The van der Waals surface area contributed by atoms with Crippen LogP contribution in [0.5, 0.6) is 5.75 Å². The van der Waals surface area contributed by atoms with Crippen molar-refractivity contribution in [1.82, 2.24) is 14.8 Å². The van der Waals surface area contributed by atoms with Crippen LogP contribution in [0.1, 0.15) is 55.0 Å². The lowest BCUT2D eigenvalue weighted by Gasteiger charge is -2.35. The van der Waals surface area contributed by atoms with Crippen molar-refractivity contribution in [3.8, 4) is 5.75 Å². The lowest BCUT2D eigenvalue weighted by atomic mass is 9.92. The maximum absolute atomic E-state index is 13.1. The van der Waals surface area contributed by atoms with Gasteiger partial charge in [0.05, 0.1) is 13.2 Å². The fraction of sp³-hybridized carbons (Fsp3) is 0.500. The fourth-order valence-electron chi connectivity index (χ4n) is 5.66. The number of methoxy groups -OCH3 is 1. The molecule has 0 saturated carbocycles. The molecule has 5 rings (SSSR count). The zero-order valence-electron chi connectivity index (χ0n) is 22.2. The van der Waals surface area contributed by atoms with E-state index in [0.29, 0.717) is 24.8 Å². The number of amides is 1. The monoisotopic (exact) mass is 539 g/mol. The van der Waals surface area contributed by atoms with Gasteiger partial charge in [0, 0.05) is 35.3 Å². The average Bonchev–Trinajstić information content (AvgIpc) is 3.31. The third-order valence-electron chi connectivity index (χ3n) is 7.62. The summed E-state index contributed by atoms with van der Waals surface area (Å²) in [5.74, 6) is 0.848. The molecule has 1 saturated heterocycles. The predicted octanol–water partition coefficient (Wildman–Crippen LogP) is 6.20. The van der Waals surface area contributed by atoms with Gasteiger partial charge in [-0.3, -0.25) is 4.90 Å². The maximum atomic E-state index is 13.1. The van der Waals surface area contributed by atoms with Crippen molar-refractivity contribution < 1.29 is 19.0 Å². The Labute approximate surface area is 230 Å². The van der Waals surface area contributed by atoms with Crippen LogP contribution in [0, 0.1) is 0 Å². The van der Waals surface area contributed by atoms with Crippen molar-refractivity contribution in [2.24, 2.45) is 0 Å². The van der Waals surface area contributed by atoms with Crippen LogP contribution in [-0.2, 0) is 15.9 Å². The summed E-state index contributed by atoms with van der Waals surface area (Å²) in [5, 5.41) is 1.81. The summed E-state index contributed by atoms with van der Waals surface area (Å²) in [6.45, 7) is 5.50. The summed E-state index contributed by atoms with van der Waals surface area (Å²) in [7, 11) is 1.60. The lowest BCUT2D eigenvalue weighted by Crippen LogP contribution is -2.41. The van der Waals surface area contributed by atoms with Gasteiger partial charge in [-0.1, -0.05) is 30.2 Å². The van der Waals surface area contributed by atoms with E-state index in [4.69, 9.17) is 25.8 Å². The molecule has 2 aliphatic rings. The molecule has 0 bridgehead atoms. The topological polar surface area (TPSA) is 67.0 Å². The van der Waals surface area contributed by atoms with E-state index in [9.17, 15) is 4.79 Å². The fourth-order valence-corrected chi connectivity index (χ4v) is 5.83. The number of benzene rings is 2. The number of hydrogen-bond acceptors (Lipinski definition) is 5. The van der Waals surface area contributed by atoms with Gasteiger partial charge < -0.3 is 24.1 Å². The highest BCUT2D eigenvalue weighted by atomic mass is 35.5. The molecule has 0 radical (unpaired) electrons. The van der Waals surface area contributed by atoms with Crippen molar-refractivity contribution in [2.45, 2.75) is 44.6 Å². The molecule has 38 heavy (non-hydrogen) atoms. The van der Waals surface area contributed by atoms with Crippen LogP contribution < -0.4 is 4.74 Å². The number of carbonyl (C=O) groups is 1. The zero-order chi connectivity index (χ0) is 26.3. The summed E-state index contributed by atoms with van der Waals surface area (Å²) in [6.07, 6.45) is 6.63. The molecule has 2 aromatic carbocycles. The van der Waals surface area contributed by atoms with Gasteiger partial charge in [-0.25, -0.2) is 4.79 Å². The molecule has 8 heteroatoms. The maximum Gasteiger partial charge on any atom is 0.410 e. The minimum absolute atomic E-state index is 0.220. The number of H-pyrrole nitrogens is 1. The minimum Gasteiger partial charge on any atom is -0.494 e. The molecule has 7 nitrogen and oxygen atoms in total. The molecule has 204 valence electrons. The van der Waals surface area contributed by atoms with E-state index >= 15 is 0 Å². The standard InChI is InChI=1S/C30H38ClN3O4/c1-36-19-20-38-30(35)34-17-13-25-26-21-23(31)9-12-27(26)32-28(25)29(34)22-7-10-24(11-8-22)37-18-6-5-16-33-14-3-2-4-15-33/h7-12,21,29,32H,2-6,13-20H2,1H3. The molecule has 1 aromatic heterocycles. The summed E-state index contributed by atoms with van der Waals surface area (Å²) >= 11 is 6.31. The summed E-state index contributed by atoms with van der Waals surface area (Å²) in [6, 6.07) is 13.7. The van der Waals surface area contributed by atoms with Gasteiger partial charge in [0.2, 0.25) is 0 Å². The van der Waals surface area contributed by atoms with Crippen LogP contribution in [0.25, 0.3) is 10.9 Å². The number of rotatable bonds is 10. The van der Waals surface area contributed by atoms with E-state index in [1.807, 2.05) is 30.3 Å². The molecular formula is C30H38ClN3O4. The Morgan fingerprint density at radius 3 is 2.61 bits per heavy atom. The molecule has 3 heterocycles. The first-order chi connectivity index (χ1) is 18.6. The quantitative estimate of drug-likeness (QED) is 0.311. The van der Waals surface area contributed by atoms with E-state index < -0.39 is 0 Å². The number of likely N-dealkylation sites (tertiary alicyclic amines) is 1. The summed E-state index contributed by atoms with van der Waals surface area (Å²) < 4.78 is 16.6. The molecule has 1 N–H and O–H groups in total. The smallest absolute Gasteiger partial charge is 0.410 e. The van der Waals surface area contributed by atoms with Gasteiger partial charge in [-0.15, -0.1) is 0 Å². The minimum atomic E-state index is -0.344. The van der Waals surface area contributed by atoms with Gasteiger partial charge in [0.15, 0.2) is 0 Å². The number of piperidine rings is 1. The highest BCUT2D eigenvalue weighted by molar-refractivity contribution is 6.31. The molecule has 1 atom stereocenters. The average molecular weight is 540 g/mol. The number of carbonyl (C=O) groups excluding carboxylic acids is 1. The molecular weight excluding hydrogens is 502 g/mol. The molecule has 1 unspecified atom stereocenters. The van der Waals surface area contributed by atoms with Crippen molar-refractivity contribution in [1.29, 1.82) is 0 Å². The molecule has 1 amide bonds. The number of unbranched alkanes of at least 4 members (excludes halogenated alkanes) is 1. The van der Waals surface area contributed by atoms with E-state index in [-0.39, 0.29) is 18.7 Å². The van der Waals surface area contributed by atoms with Crippen molar-refractivity contribution in [2.75, 3.05) is 53.1 Å². The third kappa shape index (κ3) is 6.28. The Kier molecular flexibility index (Phi) is 9.10. The highest BCUT2D eigenvalue weighted by Crippen LogP contribution is 2.39. The van der Waals surface area contributed by atoms with Crippen LogP contribution in [0.3, 0.4) is 0 Å². The Balaban J connectivity index is 1.29. The summed E-state index contributed by atoms with van der Waals surface area (Å²) in [5.41, 5.74) is 4.22. The number of ether oxygens (including phenoxy) is 3. The Morgan fingerprint density at radius 1 is 1.00 bits per heavy atom. The van der Waals surface area contributed by atoms with Gasteiger partial charge in [-0.05, 0) is 93.2 Å². The van der Waals surface area contributed by atoms with Crippen LogP contribution >= 0.6 is 11.6 Å². The molecule has 0 aliphatic carbocycles. The zero-order valence-corrected chi connectivity index (χ0v) is 23.0. The first-order valence-electron chi connectivity index (χ1n) is 13.8. The number of hydrogen-bond donors (Lipinski definition) is 1. The first-order valence-corrected chi connectivity index (χ1v) is 14.2. The number of aromatic nitrogens is 1. The second-order valence-electron chi connectivity index (χ2n) is 10.2. The van der Waals surface area contributed by atoms with Crippen molar-refractivity contribution in [3.05, 3.63) is 64.3 Å². The number of aromatic amines is 1. The normalized spacial score (nSPS) is 17.9. The molecule has 0 spiro atoms. The van der Waals surface area contributed by atoms with Gasteiger partial charge in [0.25, 0.3) is 0 Å². The Bertz CT molecular complexity index is 1210. The SMILES string of the molecule is COCCOC(=O)N1CCc2c([nH]c3ccc(Cl)cc23)C1c1ccc(OCCCCN2CCCCC2)cc1. The van der Waals surface area contributed by atoms with E-state index in [0.717, 1.165) is 47.2 Å². The van der Waals surface area contributed by atoms with Crippen LogP contribution in [0.15, 0.2) is 42.5 Å². The van der Waals surface area contributed by atoms with Gasteiger partial charge >= 0.3 is 6.09 Å². The highest BCUT2D eigenvalue weighted by Gasteiger charge is 2.35. The predicted molar refractivity (Wildman–Crippen MR) is 150 cm³/mol. The van der Waals surface area contributed by atoms with Crippen LogP contribution in [0.2, 0.25) is 5.02 Å². The van der Waals surface area contributed by atoms with Crippen molar-refractivity contribution in [3.63, 3.8) is 0 Å². The van der Waals surface area contributed by atoms with Crippen LogP contribution in [-0.4, -0.2) is 74.0 Å². The van der Waals surface area contributed by atoms with Gasteiger partial charge in [-0.2, -0.15) is 0 Å². The summed E-state index contributed by atoms with van der Waals surface area (Å²) in [4.78, 5) is 21.0. The number of nitrogens with one attached hydrogen (secondary N) is 1. The molecule has 1 fully saturated rings. The molecule has 2 aliphatic heterocycles. The number of fused-ring (bicyclic) bond motifs is 3. The Hall–Kier alpha value is -2.74. The first kappa shape index (κ1) is 26.9. The largest absolute Gasteiger partial charge is 0.494 e. The van der Waals surface area contributed by atoms with Crippen molar-refractivity contribution >= 4 is 28.6 Å². The second-order valence-corrected chi connectivity index (χ2v) is 10.6. The van der Waals surface area contributed by atoms with Gasteiger partial charge in [0.1, 0.15) is 18.4 Å². The van der Waals surface area contributed by atoms with E-state index in [1.54, 1.807) is 12.0 Å². The Morgan fingerprint density at radius 2 is 1.82 bits per heavy atom. The van der Waals surface area contributed by atoms with Crippen LogP contribution in [0.4, 0.5) is 4.79 Å². The van der Waals surface area contributed by atoms with E-state index in [1.165, 1.54) is 44.5 Å². The number of nitrogens with zero attached hydrogens (tertiary/aromatic N) is 2. The van der Waals surface area contributed by atoms with E-state index in [2.05, 4.69) is 22.0 Å². The second kappa shape index (κ2) is 12.9. The molecule has 3 aromatic rings.